The van der Waals surface area contributed by atoms with E-state index in [0.717, 1.165) is 11.5 Å². The van der Waals surface area contributed by atoms with Gasteiger partial charge in [0.15, 0.2) is 0 Å². The van der Waals surface area contributed by atoms with Gasteiger partial charge in [-0.25, -0.2) is 9.67 Å². The minimum Gasteiger partial charge on any atom is -0.378 e. The molecule has 0 unspecified atom stereocenters. The Morgan fingerprint density at radius 1 is 1.47 bits per heavy atom. The second-order valence-corrected chi connectivity index (χ2v) is 4.51. The van der Waals surface area contributed by atoms with Crippen LogP contribution in [0.3, 0.4) is 0 Å². The topological polar surface area (TPSA) is 85.8 Å². The molecule has 0 fully saturated rings. The fraction of sp³-hybridized carbons (Fsp3) is 0.308. The highest BCUT2D eigenvalue weighted by molar-refractivity contribution is 5.93. The van der Waals surface area contributed by atoms with E-state index in [1.54, 1.807) is 18.2 Å². The molecule has 0 bridgehead atoms. The summed E-state index contributed by atoms with van der Waals surface area (Å²) < 4.78 is 1.85. The van der Waals surface area contributed by atoms with Gasteiger partial charge in [0.2, 0.25) is 5.91 Å². The number of primary amides is 1. The molecule has 2 rings (SSSR count). The van der Waals surface area contributed by atoms with Crippen LogP contribution in [0.4, 0.5) is 5.69 Å². The summed E-state index contributed by atoms with van der Waals surface area (Å²) in [4.78, 5) is 15.3. The highest BCUT2D eigenvalue weighted by Crippen LogP contribution is 2.12. The number of aromatic nitrogens is 3. The van der Waals surface area contributed by atoms with Gasteiger partial charge in [0.25, 0.3) is 0 Å². The molecule has 1 aromatic carbocycles. The first-order chi connectivity index (χ1) is 9.08. The average Bonchev–Trinajstić information content (AvgIpc) is 2.85. The zero-order chi connectivity index (χ0) is 13.8. The molecule has 0 saturated heterocycles. The van der Waals surface area contributed by atoms with E-state index in [-0.39, 0.29) is 6.04 Å². The first-order valence-electron chi connectivity index (χ1n) is 6.10. The average molecular weight is 259 g/mol. The molecule has 0 aliphatic rings. The van der Waals surface area contributed by atoms with Gasteiger partial charge in [-0.3, -0.25) is 4.79 Å². The third-order valence-corrected chi connectivity index (χ3v) is 2.73. The van der Waals surface area contributed by atoms with Crippen LogP contribution in [-0.4, -0.2) is 20.7 Å². The molecule has 0 atom stereocenters. The van der Waals surface area contributed by atoms with Gasteiger partial charge in [-0.05, 0) is 32.0 Å². The number of nitrogens with one attached hydrogen (secondary N) is 1. The van der Waals surface area contributed by atoms with Crippen molar-refractivity contribution < 1.29 is 4.79 Å². The molecule has 0 radical (unpaired) electrons. The number of carbonyl (C=O) groups excluding carboxylic acids is 1. The van der Waals surface area contributed by atoms with E-state index < -0.39 is 5.91 Å². The van der Waals surface area contributed by atoms with Crippen LogP contribution in [0.1, 0.15) is 36.1 Å². The van der Waals surface area contributed by atoms with Crippen molar-refractivity contribution in [3.05, 3.63) is 42.0 Å². The number of nitrogens with two attached hydrogens (primary N) is 1. The maximum atomic E-state index is 11.1. The maximum Gasteiger partial charge on any atom is 0.248 e. The summed E-state index contributed by atoms with van der Waals surface area (Å²) in [5.41, 5.74) is 6.55. The fourth-order valence-corrected chi connectivity index (χ4v) is 1.80. The Balaban J connectivity index is 2.08. The molecular weight excluding hydrogens is 242 g/mol. The van der Waals surface area contributed by atoms with E-state index in [2.05, 4.69) is 15.4 Å². The van der Waals surface area contributed by atoms with Crippen LogP contribution in [0.25, 0.3) is 0 Å². The molecule has 19 heavy (non-hydrogen) atoms. The molecule has 1 aromatic heterocycles. The Hall–Kier alpha value is -2.37. The Kier molecular flexibility index (Phi) is 3.79. The lowest BCUT2D eigenvalue weighted by Gasteiger charge is -2.11. The van der Waals surface area contributed by atoms with Crippen molar-refractivity contribution in [3.63, 3.8) is 0 Å². The second-order valence-electron chi connectivity index (χ2n) is 4.51. The predicted molar refractivity (Wildman–Crippen MR) is 72.7 cm³/mol. The largest absolute Gasteiger partial charge is 0.378 e. The number of amides is 1. The summed E-state index contributed by atoms with van der Waals surface area (Å²) in [6.07, 6.45) is 1.54. The molecule has 2 aromatic rings. The van der Waals surface area contributed by atoms with Crippen molar-refractivity contribution in [3.8, 4) is 0 Å². The summed E-state index contributed by atoms with van der Waals surface area (Å²) in [6, 6.07) is 7.33. The van der Waals surface area contributed by atoms with E-state index in [1.807, 2.05) is 24.6 Å². The third-order valence-electron chi connectivity index (χ3n) is 2.73. The molecule has 3 N–H and O–H groups in total. The molecular formula is C13H17N5O. The zero-order valence-electron chi connectivity index (χ0n) is 11.0. The lowest BCUT2D eigenvalue weighted by molar-refractivity contribution is 0.100. The van der Waals surface area contributed by atoms with Gasteiger partial charge < -0.3 is 11.1 Å². The lowest BCUT2D eigenvalue weighted by atomic mass is 10.2. The number of rotatable bonds is 5. The highest BCUT2D eigenvalue weighted by Gasteiger charge is 2.07. The van der Waals surface area contributed by atoms with Crippen molar-refractivity contribution in [2.24, 2.45) is 5.73 Å². The third kappa shape index (κ3) is 3.09. The lowest BCUT2D eigenvalue weighted by Crippen LogP contribution is -2.13. The van der Waals surface area contributed by atoms with Crippen molar-refractivity contribution in [2.75, 3.05) is 5.32 Å². The van der Waals surface area contributed by atoms with Gasteiger partial charge in [-0.1, -0.05) is 6.07 Å². The van der Waals surface area contributed by atoms with Crippen LogP contribution in [0.5, 0.6) is 0 Å². The van der Waals surface area contributed by atoms with Crippen molar-refractivity contribution in [1.82, 2.24) is 14.8 Å². The monoisotopic (exact) mass is 259 g/mol. The number of carbonyl (C=O) groups is 1. The highest BCUT2D eigenvalue weighted by atomic mass is 16.1. The molecule has 6 heteroatoms. The molecule has 1 heterocycles. The molecule has 0 spiro atoms. The van der Waals surface area contributed by atoms with E-state index in [0.29, 0.717) is 12.1 Å². The van der Waals surface area contributed by atoms with Gasteiger partial charge in [0.1, 0.15) is 12.2 Å². The van der Waals surface area contributed by atoms with Crippen LogP contribution in [-0.2, 0) is 6.54 Å². The van der Waals surface area contributed by atoms with Crippen LogP contribution < -0.4 is 11.1 Å². The zero-order valence-corrected chi connectivity index (χ0v) is 11.0. The molecule has 0 saturated carbocycles. The maximum absolute atomic E-state index is 11.1. The van der Waals surface area contributed by atoms with Gasteiger partial charge in [0, 0.05) is 17.3 Å². The Labute approximate surface area is 111 Å². The van der Waals surface area contributed by atoms with Crippen molar-refractivity contribution in [2.45, 2.75) is 26.4 Å². The number of hydrogen-bond acceptors (Lipinski definition) is 4. The van der Waals surface area contributed by atoms with Gasteiger partial charge in [0.05, 0.1) is 6.54 Å². The molecule has 0 aliphatic heterocycles. The Morgan fingerprint density at radius 3 is 2.95 bits per heavy atom. The SMILES string of the molecule is CC(C)n1ncnc1CNc1cccc(C(N)=O)c1. The van der Waals surface area contributed by atoms with Crippen molar-refractivity contribution >= 4 is 11.6 Å². The smallest absolute Gasteiger partial charge is 0.248 e. The quantitative estimate of drug-likeness (QED) is 0.853. The molecule has 1 amide bonds. The minimum atomic E-state index is -0.436. The van der Waals surface area contributed by atoms with E-state index in [4.69, 9.17) is 5.73 Å². The number of nitrogens with zero attached hydrogens (tertiary/aromatic N) is 3. The van der Waals surface area contributed by atoms with Gasteiger partial charge in [-0.2, -0.15) is 5.10 Å². The second kappa shape index (κ2) is 5.51. The van der Waals surface area contributed by atoms with Crippen molar-refractivity contribution in [1.29, 1.82) is 0 Å². The Morgan fingerprint density at radius 2 is 2.26 bits per heavy atom. The first-order valence-corrected chi connectivity index (χ1v) is 6.10. The predicted octanol–water partition coefficient (Wildman–Crippen LogP) is 1.57. The summed E-state index contributed by atoms with van der Waals surface area (Å²) in [7, 11) is 0. The van der Waals surface area contributed by atoms with E-state index in [9.17, 15) is 4.79 Å². The summed E-state index contributed by atoms with van der Waals surface area (Å²) in [5.74, 6) is 0.411. The van der Waals surface area contributed by atoms with Crippen LogP contribution in [0.15, 0.2) is 30.6 Å². The van der Waals surface area contributed by atoms with Crippen LogP contribution in [0.2, 0.25) is 0 Å². The molecule has 0 aliphatic carbocycles. The first kappa shape index (κ1) is 13.1. The van der Waals surface area contributed by atoms with Gasteiger partial charge in [-0.15, -0.1) is 0 Å². The summed E-state index contributed by atoms with van der Waals surface area (Å²) in [6.45, 7) is 4.64. The number of benzene rings is 1. The minimum absolute atomic E-state index is 0.260. The van der Waals surface area contributed by atoms with E-state index in [1.165, 1.54) is 6.33 Å². The number of hydrogen-bond donors (Lipinski definition) is 2. The Bertz CT molecular complexity index is 576. The van der Waals surface area contributed by atoms with Gasteiger partial charge >= 0.3 is 0 Å². The molecule has 6 nitrogen and oxygen atoms in total. The standard InChI is InChI=1S/C13H17N5O/c1-9(2)18-12(16-8-17-18)7-15-11-5-3-4-10(6-11)13(14)19/h3-6,8-9,15H,7H2,1-2H3,(H2,14,19). The van der Waals surface area contributed by atoms with Crippen LogP contribution >= 0.6 is 0 Å². The van der Waals surface area contributed by atoms with Crippen LogP contribution in [0, 0.1) is 0 Å². The summed E-state index contributed by atoms with van der Waals surface area (Å²) >= 11 is 0. The fourth-order valence-electron chi connectivity index (χ4n) is 1.80. The normalized spacial score (nSPS) is 10.7. The number of anilines is 1. The summed E-state index contributed by atoms with van der Waals surface area (Å²) in [5, 5.41) is 7.37. The molecule has 100 valence electrons. The van der Waals surface area contributed by atoms with E-state index >= 15 is 0 Å².